The Morgan fingerprint density at radius 1 is 1.25 bits per heavy atom. The molecule has 0 radical (unpaired) electrons. The van der Waals surface area contributed by atoms with E-state index in [4.69, 9.17) is 11.6 Å². The highest BCUT2D eigenvalue weighted by Crippen LogP contribution is 2.20. The van der Waals surface area contributed by atoms with Crippen LogP contribution in [0.4, 0.5) is 5.82 Å². The summed E-state index contributed by atoms with van der Waals surface area (Å²) in [6, 6.07) is 11.0. The molecule has 1 saturated heterocycles. The van der Waals surface area contributed by atoms with E-state index in [-0.39, 0.29) is 5.91 Å². The highest BCUT2D eigenvalue weighted by molar-refractivity contribution is 6.30. The maximum Gasteiger partial charge on any atom is 0.272 e. The summed E-state index contributed by atoms with van der Waals surface area (Å²) in [5, 5.41) is 11.8. The van der Waals surface area contributed by atoms with E-state index in [0.29, 0.717) is 23.2 Å². The van der Waals surface area contributed by atoms with Crippen LogP contribution < -0.4 is 10.2 Å². The monoisotopic (exact) mass is 344 g/mol. The lowest BCUT2D eigenvalue weighted by Crippen LogP contribution is -2.35. The molecule has 1 aliphatic heterocycles. The molecule has 2 heterocycles. The van der Waals surface area contributed by atoms with Gasteiger partial charge in [-0.15, -0.1) is 10.2 Å². The lowest BCUT2D eigenvalue weighted by Gasteiger charge is -2.31. The van der Waals surface area contributed by atoms with Gasteiger partial charge < -0.3 is 10.2 Å². The van der Waals surface area contributed by atoms with Crippen molar-refractivity contribution in [1.82, 2.24) is 15.5 Å². The predicted octanol–water partition coefficient (Wildman–Crippen LogP) is 3.30. The highest BCUT2D eigenvalue weighted by atomic mass is 35.5. The smallest absolute Gasteiger partial charge is 0.272 e. The summed E-state index contributed by atoms with van der Waals surface area (Å²) in [7, 11) is 0. The quantitative estimate of drug-likeness (QED) is 0.924. The van der Waals surface area contributed by atoms with E-state index in [1.807, 2.05) is 18.2 Å². The number of aromatic nitrogens is 2. The van der Waals surface area contributed by atoms with Crippen molar-refractivity contribution in [1.29, 1.82) is 0 Å². The molecule has 0 spiro atoms. The van der Waals surface area contributed by atoms with Crippen molar-refractivity contribution in [2.24, 2.45) is 5.92 Å². The summed E-state index contributed by atoms with van der Waals surface area (Å²) in [5.74, 6) is 1.29. The fourth-order valence-electron chi connectivity index (χ4n) is 2.89. The standard InChI is InChI=1S/C18H21ClN4O/c1-13-3-2-10-23(12-13)17-9-8-16(21-22-17)18(24)20-11-14-4-6-15(19)7-5-14/h4-9,13H,2-3,10-12H2,1H3,(H,20,24). The van der Waals surface area contributed by atoms with Gasteiger partial charge >= 0.3 is 0 Å². The molecule has 0 saturated carbocycles. The lowest BCUT2D eigenvalue weighted by atomic mass is 10.0. The average molecular weight is 345 g/mol. The van der Waals surface area contributed by atoms with Crippen LogP contribution in [0.15, 0.2) is 36.4 Å². The molecule has 6 heteroatoms. The van der Waals surface area contributed by atoms with Gasteiger partial charge in [-0.05, 0) is 48.6 Å². The Hall–Kier alpha value is -2.14. The number of rotatable bonds is 4. The molecule has 1 fully saturated rings. The zero-order valence-corrected chi connectivity index (χ0v) is 14.5. The molecule has 5 nitrogen and oxygen atoms in total. The summed E-state index contributed by atoms with van der Waals surface area (Å²) in [4.78, 5) is 14.4. The number of carbonyl (C=O) groups is 1. The first-order valence-corrected chi connectivity index (χ1v) is 8.61. The largest absolute Gasteiger partial charge is 0.355 e. The highest BCUT2D eigenvalue weighted by Gasteiger charge is 2.18. The van der Waals surface area contributed by atoms with Crippen LogP contribution in [0.2, 0.25) is 5.02 Å². The summed E-state index contributed by atoms with van der Waals surface area (Å²) >= 11 is 5.85. The van der Waals surface area contributed by atoms with Gasteiger partial charge in [0.1, 0.15) is 0 Å². The van der Waals surface area contributed by atoms with Crippen LogP contribution >= 0.6 is 11.6 Å². The van der Waals surface area contributed by atoms with Crippen LogP contribution in [0.5, 0.6) is 0 Å². The minimum Gasteiger partial charge on any atom is -0.355 e. The van der Waals surface area contributed by atoms with Crippen molar-refractivity contribution >= 4 is 23.3 Å². The molecule has 0 bridgehead atoms. The van der Waals surface area contributed by atoms with Crippen molar-refractivity contribution in [3.8, 4) is 0 Å². The number of amides is 1. The van der Waals surface area contributed by atoms with E-state index in [1.54, 1.807) is 18.2 Å². The van der Waals surface area contributed by atoms with Crippen LogP contribution in [0, 0.1) is 5.92 Å². The van der Waals surface area contributed by atoms with Gasteiger partial charge in [0.05, 0.1) is 0 Å². The number of hydrogen-bond acceptors (Lipinski definition) is 4. The number of hydrogen-bond donors (Lipinski definition) is 1. The Morgan fingerprint density at radius 3 is 2.71 bits per heavy atom. The van der Waals surface area contributed by atoms with Crippen molar-refractivity contribution in [2.75, 3.05) is 18.0 Å². The summed E-state index contributed by atoms with van der Waals surface area (Å²) in [6.45, 7) is 4.68. The first kappa shape index (κ1) is 16.7. The molecule has 1 aromatic carbocycles. The Balaban J connectivity index is 1.58. The minimum absolute atomic E-state index is 0.226. The van der Waals surface area contributed by atoms with E-state index in [2.05, 4.69) is 27.3 Å². The SMILES string of the molecule is CC1CCCN(c2ccc(C(=O)NCc3ccc(Cl)cc3)nn2)C1. The van der Waals surface area contributed by atoms with Gasteiger partial charge in [-0.1, -0.05) is 30.7 Å². The van der Waals surface area contributed by atoms with Gasteiger partial charge in [-0.2, -0.15) is 0 Å². The summed E-state index contributed by atoms with van der Waals surface area (Å²) in [5.41, 5.74) is 1.32. The molecule has 1 atom stereocenters. The number of nitrogens with one attached hydrogen (secondary N) is 1. The van der Waals surface area contributed by atoms with Gasteiger partial charge in [0.25, 0.3) is 5.91 Å². The topological polar surface area (TPSA) is 58.1 Å². The van der Waals surface area contributed by atoms with Crippen LogP contribution in [-0.2, 0) is 6.54 Å². The van der Waals surface area contributed by atoms with Crippen molar-refractivity contribution in [3.05, 3.63) is 52.7 Å². The van der Waals surface area contributed by atoms with Gasteiger partial charge in [0, 0.05) is 24.7 Å². The predicted molar refractivity (Wildman–Crippen MR) is 95.3 cm³/mol. The van der Waals surface area contributed by atoms with E-state index < -0.39 is 0 Å². The Bertz CT molecular complexity index is 687. The zero-order chi connectivity index (χ0) is 16.9. The van der Waals surface area contributed by atoms with Crippen molar-refractivity contribution < 1.29 is 4.79 Å². The number of benzene rings is 1. The molecule has 1 unspecified atom stereocenters. The molecule has 2 aromatic rings. The molecule has 1 N–H and O–H groups in total. The van der Waals surface area contributed by atoms with Crippen molar-refractivity contribution in [2.45, 2.75) is 26.3 Å². The number of anilines is 1. The number of piperidine rings is 1. The second-order valence-electron chi connectivity index (χ2n) is 6.28. The molecule has 0 aliphatic carbocycles. The fraction of sp³-hybridized carbons (Fsp3) is 0.389. The number of halogens is 1. The second kappa shape index (κ2) is 7.62. The fourth-order valence-corrected chi connectivity index (χ4v) is 3.01. The first-order valence-electron chi connectivity index (χ1n) is 8.23. The average Bonchev–Trinajstić information content (AvgIpc) is 2.61. The third-order valence-corrected chi connectivity index (χ3v) is 4.48. The third kappa shape index (κ3) is 4.23. The number of nitrogens with zero attached hydrogens (tertiary/aromatic N) is 3. The summed E-state index contributed by atoms with van der Waals surface area (Å²) < 4.78 is 0. The second-order valence-corrected chi connectivity index (χ2v) is 6.72. The van der Waals surface area contributed by atoms with Crippen molar-refractivity contribution in [3.63, 3.8) is 0 Å². The molecule has 126 valence electrons. The Labute approximate surface area is 147 Å². The van der Waals surface area contributed by atoms with Gasteiger partial charge in [-0.25, -0.2) is 0 Å². The summed E-state index contributed by atoms with van der Waals surface area (Å²) in [6.07, 6.45) is 2.43. The normalized spacial score (nSPS) is 17.6. The number of carbonyl (C=O) groups excluding carboxylic acids is 1. The molecule has 1 aliphatic rings. The first-order chi connectivity index (χ1) is 11.6. The molecule has 1 aromatic heterocycles. The van der Waals surface area contributed by atoms with Crippen LogP contribution in [0.3, 0.4) is 0 Å². The van der Waals surface area contributed by atoms with Gasteiger partial charge in [-0.3, -0.25) is 4.79 Å². The van der Waals surface area contributed by atoms with E-state index in [1.165, 1.54) is 12.8 Å². The van der Waals surface area contributed by atoms with Gasteiger partial charge in [0.15, 0.2) is 11.5 Å². The van der Waals surface area contributed by atoms with E-state index in [9.17, 15) is 4.79 Å². The molecular formula is C18H21ClN4O. The van der Waals surface area contributed by atoms with E-state index in [0.717, 1.165) is 24.5 Å². The van der Waals surface area contributed by atoms with Gasteiger partial charge in [0.2, 0.25) is 0 Å². The minimum atomic E-state index is -0.226. The zero-order valence-electron chi connectivity index (χ0n) is 13.7. The third-order valence-electron chi connectivity index (χ3n) is 4.23. The lowest BCUT2D eigenvalue weighted by molar-refractivity contribution is 0.0945. The molecule has 3 rings (SSSR count). The van der Waals surface area contributed by atoms with Crippen LogP contribution in [-0.4, -0.2) is 29.2 Å². The molecule has 24 heavy (non-hydrogen) atoms. The molecular weight excluding hydrogens is 324 g/mol. The Kier molecular flexibility index (Phi) is 5.30. The maximum atomic E-state index is 12.2. The maximum absolute atomic E-state index is 12.2. The van der Waals surface area contributed by atoms with Crippen LogP contribution in [0.1, 0.15) is 35.8 Å². The molecule has 1 amide bonds. The van der Waals surface area contributed by atoms with E-state index >= 15 is 0 Å². The Morgan fingerprint density at radius 2 is 2.04 bits per heavy atom. The van der Waals surface area contributed by atoms with Crippen LogP contribution in [0.25, 0.3) is 0 Å².